The van der Waals surface area contributed by atoms with Crippen molar-refractivity contribution in [1.29, 1.82) is 5.41 Å². The van der Waals surface area contributed by atoms with Crippen LogP contribution in [0, 0.1) is 5.41 Å². The molecule has 0 aliphatic carbocycles. The topological polar surface area (TPSA) is 191 Å². The maximum absolute atomic E-state index is 12.8. The van der Waals surface area contributed by atoms with E-state index in [0.717, 1.165) is 24.2 Å². The van der Waals surface area contributed by atoms with E-state index in [4.69, 9.17) is 39.9 Å². The van der Waals surface area contributed by atoms with Crippen LogP contribution in [0.15, 0.2) is 0 Å². The van der Waals surface area contributed by atoms with Gasteiger partial charge in [-0.15, -0.1) is 0 Å². The lowest BCUT2D eigenvalue weighted by atomic mass is 10.0. The molecule has 1 atom stereocenters. The molecule has 0 saturated carbocycles. The van der Waals surface area contributed by atoms with Gasteiger partial charge in [0.05, 0.1) is 0 Å². The number of hydrogen-bond donors (Lipinski definition) is 5. The predicted molar refractivity (Wildman–Crippen MR) is 110 cm³/mol. The number of nitrogens with two attached hydrogens (primary N) is 4. The summed E-state index contributed by atoms with van der Waals surface area (Å²) in [7, 11) is 0. The monoisotopic (exact) mass is 412 g/mol. The van der Waals surface area contributed by atoms with Gasteiger partial charge in [0.15, 0.2) is 28.4 Å². The molecular formula is C17H29ClN8O2. The Kier molecular flexibility index (Phi) is 9.43. The maximum atomic E-state index is 12.8. The molecule has 0 saturated heterocycles. The molecule has 0 bridgehead atoms. The number of anilines is 2. The van der Waals surface area contributed by atoms with Gasteiger partial charge in [-0.2, -0.15) is 0 Å². The van der Waals surface area contributed by atoms with Crippen molar-refractivity contribution < 1.29 is 9.59 Å². The minimum Gasteiger partial charge on any atom is -0.382 e. The summed E-state index contributed by atoms with van der Waals surface area (Å²) >= 11 is 5.81. The van der Waals surface area contributed by atoms with Gasteiger partial charge in [0, 0.05) is 0 Å². The van der Waals surface area contributed by atoms with Gasteiger partial charge >= 0.3 is 0 Å². The fourth-order valence-corrected chi connectivity index (χ4v) is 2.95. The Hall–Kier alpha value is -2.62. The zero-order valence-electron chi connectivity index (χ0n) is 16.1. The molecule has 1 aromatic heterocycles. The summed E-state index contributed by atoms with van der Waals surface area (Å²) in [4.78, 5) is 33.1. The van der Waals surface area contributed by atoms with E-state index in [0.29, 0.717) is 6.42 Å². The summed E-state index contributed by atoms with van der Waals surface area (Å²) in [5.74, 6) is -2.73. The number of rotatable bonds is 11. The Morgan fingerprint density at radius 3 is 2.14 bits per heavy atom. The molecule has 11 heteroatoms. The van der Waals surface area contributed by atoms with Gasteiger partial charge in [-0.3, -0.25) is 19.9 Å². The minimum absolute atomic E-state index is 0.139. The van der Waals surface area contributed by atoms with Gasteiger partial charge in [-0.25, -0.2) is 9.97 Å². The van der Waals surface area contributed by atoms with Crippen molar-refractivity contribution in [1.82, 2.24) is 14.9 Å². The molecule has 9 N–H and O–H groups in total. The van der Waals surface area contributed by atoms with Gasteiger partial charge in [0.2, 0.25) is 5.91 Å². The summed E-state index contributed by atoms with van der Waals surface area (Å²) in [6.45, 7) is 2.15. The second kappa shape index (κ2) is 11.3. The summed E-state index contributed by atoms with van der Waals surface area (Å²) in [6.07, 6.45) is 7.47. The van der Waals surface area contributed by atoms with Gasteiger partial charge < -0.3 is 22.9 Å². The number of primary amides is 1. The number of aromatic nitrogens is 2. The number of amides is 2. The van der Waals surface area contributed by atoms with E-state index in [1.54, 1.807) is 0 Å². The van der Waals surface area contributed by atoms with Gasteiger partial charge in [-0.05, 0) is 6.42 Å². The molecule has 2 amide bonds. The largest absolute Gasteiger partial charge is 0.382 e. The Morgan fingerprint density at radius 2 is 1.61 bits per heavy atom. The number of halogens is 1. The lowest BCUT2D eigenvalue weighted by molar-refractivity contribution is -0.121. The van der Waals surface area contributed by atoms with E-state index < -0.39 is 23.8 Å². The zero-order valence-corrected chi connectivity index (χ0v) is 16.8. The van der Waals surface area contributed by atoms with Crippen LogP contribution in [0.25, 0.3) is 0 Å². The Morgan fingerprint density at radius 1 is 1.04 bits per heavy atom. The number of hydrogen-bond acceptors (Lipinski definition) is 7. The number of carbonyl (C=O) groups is 2. The minimum atomic E-state index is -1.10. The van der Waals surface area contributed by atoms with Crippen LogP contribution in [0.5, 0.6) is 0 Å². The van der Waals surface area contributed by atoms with Crippen LogP contribution in [0.3, 0.4) is 0 Å². The average molecular weight is 413 g/mol. The predicted octanol–water partition coefficient (Wildman–Crippen LogP) is 1.62. The first-order valence-electron chi connectivity index (χ1n) is 9.26. The Balaban J connectivity index is 2.90. The second-order valence-corrected chi connectivity index (χ2v) is 6.88. The third-order valence-electron chi connectivity index (χ3n) is 4.31. The van der Waals surface area contributed by atoms with Crippen LogP contribution in [0.4, 0.5) is 11.6 Å². The molecule has 1 heterocycles. The van der Waals surface area contributed by atoms with E-state index in [2.05, 4.69) is 16.9 Å². The smallest absolute Gasteiger partial charge is 0.283 e. The SMILES string of the molecule is CCCCCCCCCC(C(N)=O)N(C(=N)N)C(=O)c1nc(Cl)c(N)nc1N. The third kappa shape index (κ3) is 6.52. The first-order valence-corrected chi connectivity index (χ1v) is 9.63. The van der Waals surface area contributed by atoms with E-state index in [9.17, 15) is 9.59 Å². The van der Waals surface area contributed by atoms with Crippen LogP contribution >= 0.6 is 11.6 Å². The van der Waals surface area contributed by atoms with Gasteiger partial charge in [0.1, 0.15) is 6.04 Å². The highest BCUT2D eigenvalue weighted by Gasteiger charge is 2.33. The quantitative estimate of drug-likeness (QED) is 0.207. The van der Waals surface area contributed by atoms with Crippen molar-refractivity contribution in [3.8, 4) is 0 Å². The first kappa shape index (κ1) is 23.4. The molecular weight excluding hydrogens is 384 g/mol. The van der Waals surface area contributed by atoms with E-state index in [1.165, 1.54) is 19.3 Å². The molecule has 0 aliphatic heterocycles. The maximum Gasteiger partial charge on any atom is 0.283 e. The van der Waals surface area contributed by atoms with Crippen LogP contribution in [0.1, 0.15) is 68.8 Å². The summed E-state index contributed by atoms with van der Waals surface area (Å²) in [5, 5.41) is 7.52. The number of nitrogen functional groups attached to an aromatic ring is 2. The van der Waals surface area contributed by atoms with E-state index in [-0.39, 0.29) is 28.9 Å². The molecule has 0 fully saturated rings. The van der Waals surface area contributed by atoms with Crippen LogP contribution in [0.2, 0.25) is 5.15 Å². The summed E-state index contributed by atoms with van der Waals surface area (Å²) < 4.78 is 0. The molecule has 156 valence electrons. The lowest BCUT2D eigenvalue weighted by Gasteiger charge is -2.28. The van der Waals surface area contributed by atoms with Crippen molar-refractivity contribution in [2.75, 3.05) is 11.5 Å². The standard InChI is InChI=1S/C17H29ClN8O2/c1-2-3-4-5-6-7-8-9-10(15(21)27)26(17(22)23)16(28)11-13(19)25-14(20)12(18)24-11/h10H,2-9H2,1H3,(H2,21,27)(H3,22,23)(H4,19,20,25). The van der Waals surface area contributed by atoms with Crippen molar-refractivity contribution in [2.24, 2.45) is 11.5 Å². The summed E-state index contributed by atoms with van der Waals surface area (Å²) in [5.41, 5.74) is 21.9. The number of guanidine groups is 1. The van der Waals surface area contributed by atoms with Crippen molar-refractivity contribution in [3.63, 3.8) is 0 Å². The number of nitrogens with zero attached hydrogens (tertiary/aromatic N) is 3. The molecule has 1 aromatic rings. The molecule has 0 aliphatic rings. The van der Waals surface area contributed by atoms with Crippen molar-refractivity contribution >= 4 is 41.0 Å². The average Bonchev–Trinajstić information content (AvgIpc) is 2.62. The van der Waals surface area contributed by atoms with Crippen LogP contribution in [-0.4, -0.2) is 38.7 Å². The van der Waals surface area contributed by atoms with Crippen molar-refractivity contribution in [2.45, 2.75) is 64.3 Å². The molecule has 0 radical (unpaired) electrons. The normalized spacial score (nSPS) is 11.8. The third-order valence-corrected chi connectivity index (χ3v) is 4.59. The zero-order chi connectivity index (χ0) is 21.3. The Labute approximate surface area is 169 Å². The van der Waals surface area contributed by atoms with E-state index in [1.807, 2.05) is 0 Å². The molecule has 28 heavy (non-hydrogen) atoms. The number of carbonyl (C=O) groups excluding carboxylic acids is 2. The van der Waals surface area contributed by atoms with Crippen LogP contribution < -0.4 is 22.9 Å². The van der Waals surface area contributed by atoms with Crippen molar-refractivity contribution in [3.05, 3.63) is 10.8 Å². The van der Waals surface area contributed by atoms with E-state index >= 15 is 0 Å². The molecule has 0 aromatic carbocycles. The lowest BCUT2D eigenvalue weighted by Crippen LogP contribution is -2.53. The number of unbranched alkanes of at least 4 members (excludes halogenated alkanes) is 6. The molecule has 1 unspecified atom stereocenters. The molecule has 10 nitrogen and oxygen atoms in total. The summed E-state index contributed by atoms with van der Waals surface area (Å²) in [6, 6.07) is -1.10. The number of nitrogens with one attached hydrogen (secondary N) is 1. The molecule has 1 rings (SSSR count). The highest BCUT2D eigenvalue weighted by molar-refractivity contribution is 6.31. The van der Waals surface area contributed by atoms with Crippen LogP contribution in [-0.2, 0) is 4.79 Å². The second-order valence-electron chi connectivity index (χ2n) is 6.52. The van der Waals surface area contributed by atoms with Gasteiger partial charge in [-0.1, -0.05) is 63.5 Å². The fraction of sp³-hybridized carbons (Fsp3) is 0.588. The highest BCUT2D eigenvalue weighted by atomic mass is 35.5. The molecule has 0 spiro atoms. The fourth-order valence-electron chi connectivity index (χ4n) is 2.83. The first-order chi connectivity index (χ1) is 13.2. The van der Waals surface area contributed by atoms with Gasteiger partial charge in [0.25, 0.3) is 5.91 Å². The Bertz CT molecular complexity index is 713. The highest BCUT2D eigenvalue weighted by Crippen LogP contribution is 2.21.